The van der Waals surface area contributed by atoms with Crippen LogP contribution in [-0.2, 0) is 13.0 Å². The number of hydrogen-bond acceptors (Lipinski definition) is 3. The maximum Gasteiger partial charge on any atom is 0.214 e. The van der Waals surface area contributed by atoms with Gasteiger partial charge in [-0.05, 0) is 45.9 Å². The smallest absolute Gasteiger partial charge is 0.214 e. The Morgan fingerprint density at radius 1 is 1.31 bits per heavy atom. The highest BCUT2D eigenvalue weighted by Crippen LogP contribution is 2.18. The van der Waals surface area contributed by atoms with Crippen LogP contribution in [0.1, 0.15) is 39.0 Å². The summed E-state index contributed by atoms with van der Waals surface area (Å²) >= 11 is 0. The molecule has 0 unspecified atom stereocenters. The van der Waals surface area contributed by atoms with Crippen molar-refractivity contribution >= 4 is 0 Å². The third kappa shape index (κ3) is 4.19. The number of hydrogen-bond donors (Lipinski definition) is 1. The number of aryl methyl sites for hydroxylation is 1. The molecule has 0 aliphatic heterocycles. The maximum atomic E-state index is 5.79. The lowest BCUT2D eigenvalue weighted by Gasteiger charge is -2.21. The molecule has 0 spiro atoms. The van der Waals surface area contributed by atoms with E-state index in [-0.39, 0.29) is 5.60 Å². The summed E-state index contributed by atoms with van der Waals surface area (Å²) in [7, 11) is 1.94. The molecule has 0 fully saturated rings. The molecule has 1 aromatic heterocycles. The Labute approximate surface area is 98.2 Å². The molecule has 0 saturated carbocycles. The molecule has 3 heteroatoms. The van der Waals surface area contributed by atoms with E-state index >= 15 is 0 Å². The highest BCUT2D eigenvalue weighted by Gasteiger charge is 2.13. The summed E-state index contributed by atoms with van der Waals surface area (Å²) in [6.07, 6.45) is 0.929. The zero-order chi connectivity index (χ0) is 12.2. The molecule has 1 heterocycles. The first-order valence-electron chi connectivity index (χ1n) is 5.78. The van der Waals surface area contributed by atoms with E-state index in [1.54, 1.807) is 0 Å². The van der Waals surface area contributed by atoms with E-state index < -0.39 is 0 Å². The second kappa shape index (κ2) is 5.30. The predicted molar refractivity (Wildman–Crippen MR) is 66.8 cm³/mol. The van der Waals surface area contributed by atoms with Gasteiger partial charge in [-0.15, -0.1) is 0 Å². The van der Waals surface area contributed by atoms with E-state index in [4.69, 9.17) is 4.74 Å². The monoisotopic (exact) mass is 222 g/mol. The molecule has 1 rings (SSSR count). The molecule has 90 valence electrons. The van der Waals surface area contributed by atoms with Crippen LogP contribution >= 0.6 is 0 Å². The fraction of sp³-hybridized carbons (Fsp3) is 0.615. The molecular weight excluding hydrogens is 200 g/mol. The van der Waals surface area contributed by atoms with E-state index in [2.05, 4.69) is 23.3 Å². The molecule has 1 aromatic rings. The quantitative estimate of drug-likeness (QED) is 0.850. The average Bonchev–Trinajstić information content (AvgIpc) is 2.15. The fourth-order valence-corrected chi connectivity index (χ4v) is 1.47. The van der Waals surface area contributed by atoms with E-state index in [9.17, 15) is 0 Å². The molecular formula is C13H22N2O. The largest absolute Gasteiger partial charge is 0.472 e. The van der Waals surface area contributed by atoms with Crippen molar-refractivity contribution in [2.75, 3.05) is 7.05 Å². The van der Waals surface area contributed by atoms with Crippen LogP contribution < -0.4 is 10.1 Å². The van der Waals surface area contributed by atoms with Gasteiger partial charge in [0.1, 0.15) is 5.60 Å². The van der Waals surface area contributed by atoms with E-state index in [0.717, 1.165) is 24.5 Å². The number of rotatable bonds is 4. The second-order valence-corrected chi connectivity index (χ2v) is 4.90. The predicted octanol–water partition coefficient (Wildman–Crippen LogP) is 2.54. The number of nitrogens with zero attached hydrogens (tertiary/aromatic N) is 1. The van der Waals surface area contributed by atoms with Crippen molar-refractivity contribution in [1.82, 2.24) is 10.3 Å². The Hall–Kier alpha value is -1.09. The third-order valence-corrected chi connectivity index (χ3v) is 2.07. The van der Waals surface area contributed by atoms with Crippen LogP contribution in [0.15, 0.2) is 12.1 Å². The van der Waals surface area contributed by atoms with Gasteiger partial charge in [-0.2, -0.15) is 0 Å². The van der Waals surface area contributed by atoms with Gasteiger partial charge in [0, 0.05) is 18.3 Å². The summed E-state index contributed by atoms with van der Waals surface area (Å²) in [6.45, 7) is 9.05. The third-order valence-electron chi connectivity index (χ3n) is 2.07. The Morgan fingerprint density at radius 2 is 2.00 bits per heavy atom. The molecule has 0 radical (unpaired) electrons. The van der Waals surface area contributed by atoms with Crippen molar-refractivity contribution in [3.8, 4) is 5.88 Å². The van der Waals surface area contributed by atoms with Crippen LogP contribution in [0, 0.1) is 0 Å². The van der Waals surface area contributed by atoms with E-state index in [1.807, 2.05) is 33.9 Å². The fourth-order valence-electron chi connectivity index (χ4n) is 1.47. The van der Waals surface area contributed by atoms with E-state index in [0.29, 0.717) is 0 Å². The zero-order valence-corrected chi connectivity index (χ0v) is 10.9. The summed E-state index contributed by atoms with van der Waals surface area (Å²) in [5.41, 5.74) is 2.09. The second-order valence-electron chi connectivity index (χ2n) is 4.90. The maximum absolute atomic E-state index is 5.79. The van der Waals surface area contributed by atoms with Gasteiger partial charge in [0.2, 0.25) is 5.88 Å². The molecule has 0 aliphatic rings. The highest BCUT2D eigenvalue weighted by atomic mass is 16.5. The topological polar surface area (TPSA) is 34.1 Å². The molecule has 0 aliphatic carbocycles. The van der Waals surface area contributed by atoms with Gasteiger partial charge in [0.05, 0.1) is 0 Å². The van der Waals surface area contributed by atoms with Crippen LogP contribution in [-0.4, -0.2) is 17.6 Å². The van der Waals surface area contributed by atoms with Crippen LogP contribution in [0.2, 0.25) is 0 Å². The first kappa shape index (κ1) is 13.0. The van der Waals surface area contributed by atoms with Crippen LogP contribution in [0.25, 0.3) is 0 Å². The van der Waals surface area contributed by atoms with Gasteiger partial charge < -0.3 is 10.1 Å². The Morgan fingerprint density at radius 3 is 2.50 bits per heavy atom. The van der Waals surface area contributed by atoms with Crippen LogP contribution in [0.3, 0.4) is 0 Å². The molecule has 3 nitrogen and oxygen atoms in total. The number of pyridine rings is 1. The molecule has 0 aromatic carbocycles. The molecule has 0 amide bonds. The van der Waals surface area contributed by atoms with Crippen LogP contribution in [0.5, 0.6) is 5.88 Å². The van der Waals surface area contributed by atoms with Crippen molar-refractivity contribution in [2.24, 2.45) is 0 Å². The summed E-state index contributed by atoms with van der Waals surface area (Å²) in [4.78, 5) is 4.47. The van der Waals surface area contributed by atoms with Gasteiger partial charge >= 0.3 is 0 Å². The SMILES string of the molecule is CCc1cc(CNC)cc(OC(C)(C)C)n1. The van der Waals surface area contributed by atoms with Gasteiger partial charge in [-0.25, -0.2) is 4.98 Å². The Balaban J connectivity index is 2.95. The minimum Gasteiger partial charge on any atom is -0.472 e. The number of ether oxygens (including phenoxy) is 1. The summed E-state index contributed by atoms with van der Waals surface area (Å²) < 4.78 is 5.79. The van der Waals surface area contributed by atoms with Crippen LogP contribution in [0.4, 0.5) is 0 Å². The normalized spacial score (nSPS) is 11.6. The van der Waals surface area contributed by atoms with Gasteiger partial charge in [-0.1, -0.05) is 6.92 Å². The lowest BCUT2D eigenvalue weighted by molar-refractivity contribution is 0.123. The van der Waals surface area contributed by atoms with Crippen molar-refractivity contribution < 1.29 is 4.74 Å². The molecule has 1 N–H and O–H groups in total. The van der Waals surface area contributed by atoms with Crippen molar-refractivity contribution in [3.63, 3.8) is 0 Å². The van der Waals surface area contributed by atoms with Crippen molar-refractivity contribution in [2.45, 2.75) is 46.3 Å². The molecule has 0 saturated heterocycles. The van der Waals surface area contributed by atoms with Gasteiger partial charge in [0.15, 0.2) is 0 Å². The first-order chi connectivity index (χ1) is 7.44. The molecule has 16 heavy (non-hydrogen) atoms. The van der Waals surface area contributed by atoms with Gasteiger partial charge in [0.25, 0.3) is 0 Å². The lowest BCUT2D eigenvalue weighted by atomic mass is 10.1. The standard InChI is InChI=1S/C13H22N2O/c1-6-11-7-10(9-14-5)8-12(15-11)16-13(2,3)4/h7-8,14H,6,9H2,1-5H3. The number of nitrogens with one attached hydrogen (secondary N) is 1. The summed E-state index contributed by atoms with van der Waals surface area (Å²) in [6, 6.07) is 4.12. The first-order valence-corrected chi connectivity index (χ1v) is 5.78. The van der Waals surface area contributed by atoms with Gasteiger partial charge in [-0.3, -0.25) is 0 Å². The zero-order valence-electron chi connectivity index (χ0n) is 10.9. The van der Waals surface area contributed by atoms with Crippen molar-refractivity contribution in [1.29, 1.82) is 0 Å². The Bertz CT molecular complexity index is 342. The van der Waals surface area contributed by atoms with Crippen molar-refractivity contribution in [3.05, 3.63) is 23.4 Å². The molecule has 0 bridgehead atoms. The highest BCUT2D eigenvalue weighted by molar-refractivity contribution is 5.25. The minimum absolute atomic E-state index is 0.198. The minimum atomic E-state index is -0.198. The average molecular weight is 222 g/mol. The lowest BCUT2D eigenvalue weighted by Crippen LogP contribution is -2.24. The summed E-state index contributed by atoms with van der Waals surface area (Å²) in [5, 5.41) is 3.14. The number of aromatic nitrogens is 1. The van der Waals surface area contributed by atoms with E-state index in [1.165, 1.54) is 5.56 Å². The molecule has 0 atom stereocenters. The summed E-state index contributed by atoms with van der Waals surface area (Å²) in [5.74, 6) is 0.720. The Kier molecular flexibility index (Phi) is 4.30.